The number of phenolic OH excluding ortho intramolecular Hbond substituents is 1. The Hall–Kier alpha value is -1.22. The third-order valence-electron chi connectivity index (χ3n) is 2.99. The molecule has 0 aliphatic rings. The third kappa shape index (κ3) is 3.63. The zero-order valence-electron chi connectivity index (χ0n) is 11.0. The van der Waals surface area contributed by atoms with Gasteiger partial charge in [0.25, 0.3) is 0 Å². The molecule has 0 saturated heterocycles. The molecule has 0 fully saturated rings. The van der Waals surface area contributed by atoms with Gasteiger partial charge in [-0.2, -0.15) is 0 Å². The van der Waals surface area contributed by atoms with Crippen LogP contribution in [0.2, 0.25) is 0 Å². The van der Waals surface area contributed by atoms with E-state index in [1.54, 1.807) is 6.07 Å². The van der Waals surface area contributed by atoms with E-state index in [9.17, 15) is 10.2 Å². The fourth-order valence-corrected chi connectivity index (χ4v) is 1.66. The van der Waals surface area contributed by atoms with E-state index in [0.29, 0.717) is 18.6 Å². The second-order valence-corrected chi connectivity index (χ2v) is 5.39. The van der Waals surface area contributed by atoms with Gasteiger partial charge >= 0.3 is 0 Å². The number of para-hydroxylation sites is 1. The molecule has 0 bridgehead atoms. The van der Waals surface area contributed by atoms with Crippen LogP contribution < -0.4 is 4.74 Å². The Morgan fingerprint density at radius 3 is 2.47 bits per heavy atom. The number of aromatic hydroxyl groups is 1. The van der Waals surface area contributed by atoms with Crippen molar-refractivity contribution in [2.75, 3.05) is 7.11 Å². The third-order valence-corrected chi connectivity index (χ3v) is 2.99. The van der Waals surface area contributed by atoms with Gasteiger partial charge in [0.15, 0.2) is 11.5 Å². The van der Waals surface area contributed by atoms with Crippen molar-refractivity contribution in [2.45, 2.75) is 39.7 Å². The summed E-state index contributed by atoms with van der Waals surface area (Å²) in [6.07, 6.45) is 0.888. The lowest BCUT2D eigenvalue weighted by Crippen LogP contribution is -2.26. The number of hydrogen-bond donors (Lipinski definition) is 2. The molecular formula is C14H22O3. The van der Waals surface area contributed by atoms with Gasteiger partial charge in [0.1, 0.15) is 0 Å². The molecule has 1 unspecified atom stereocenters. The highest BCUT2D eigenvalue weighted by atomic mass is 16.5. The Kier molecular flexibility index (Phi) is 4.40. The largest absolute Gasteiger partial charge is 0.504 e. The zero-order valence-corrected chi connectivity index (χ0v) is 11.0. The SMILES string of the molecule is COc1cccc(CCC(O)C(C)(C)C)c1O. The van der Waals surface area contributed by atoms with Crippen LogP contribution in [-0.2, 0) is 6.42 Å². The van der Waals surface area contributed by atoms with Gasteiger partial charge < -0.3 is 14.9 Å². The van der Waals surface area contributed by atoms with Crippen LogP contribution in [0.25, 0.3) is 0 Å². The van der Waals surface area contributed by atoms with E-state index in [2.05, 4.69) is 0 Å². The molecule has 0 saturated carbocycles. The van der Waals surface area contributed by atoms with E-state index < -0.39 is 0 Å². The maximum absolute atomic E-state index is 9.95. The normalized spacial score (nSPS) is 13.5. The number of rotatable bonds is 4. The number of aryl methyl sites for hydroxylation is 1. The number of benzene rings is 1. The van der Waals surface area contributed by atoms with Crippen molar-refractivity contribution in [3.63, 3.8) is 0 Å². The Labute approximate surface area is 103 Å². The minimum atomic E-state index is -0.381. The second kappa shape index (κ2) is 5.41. The molecule has 17 heavy (non-hydrogen) atoms. The molecule has 0 amide bonds. The molecule has 0 aromatic heterocycles. The predicted molar refractivity (Wildman–Crippen MR) is 68.4 cm³/mol. The quantitative estimate of drug-likeness (QED) is 0.848. The topological polar surface area (TPSA) is 49.7 Å². The molecule has 0 heterocycles. The average Bonchev–Trinajstić information content (AvgIpc) is 2.26. The first-order valence-corrected chi connectivity index (χ1v) is 5.89. The van der Waals surface area contributed by atoms with Crippen molar-refractivity contribution in [1.82, 2.24) is 0 Å². The van der Waals surface area contributed by atoms with Crippen LogP contribution in [-0.4, -0.2) is 23.4 Å². The molecule has 1 rings (SSSR count). The Morgan fingerprint density at radius 2 is 1.94 bits per heavy atom. The summed E-state index contributed by atoms with van der Waals surface area (Å²) in [5.74, 6) is 0.656. The number of phenols is 1. The van der Waals surface area contributed by atoms with Gasteiger partial charge in [-0.05, 0) is 29.9 Å². The lowest BCUT2D eigenvalue weighted by Gasteiger charge is -2.25. The molecule has 3 heteroatoms. The highest BCUT2D eigenvalue weighted by molar-refractivity contribution is 5.45. The van der Waals surface area contributed by atoms with Gasteiger partial charge in [-0.25, -0.2) is 0 Å². The van der Waals surface area contributed by atoms with Crippen LogP contribution in [0.5, 0.6) is 11.5 Å². The maximum Gasteiger partial charge on any atom is 0.160 e. The summed E-state index contributed by atoms with van der Waals surface area (Å²) < 4.78 is 5.05. The summed E-state index contributed by atoms with van der Waals surface area (Å²) >= 11 is 0. The summed E-state index contributed by atoms with van der Waals surface area (Å²) in [6, 6.07) is 5.42. The van der Waals surface area contributed by atoms with Gasteiger partial charge in [0.2, 0.25) is 0 Å². The molecule has 1 aromatic carbocycles. The number of aliphatic hydroxyl groups excluding tert-OH is 1. The minimum Gasteiger partial charge on any atom is -0.504 e. The Balaban J connectivity index is 2.70. The molecule has 0 aliphatic heterocycles. The molecule has 1 aromatic rings. The highest BCUT2D eigenvalue weighted by Crippen LogP contribution is 2.31. The lowest BCUT2D eigenvalue weighted by atomic mass is 9.85. The first kappa shape index (κ1) is 13.8. The van der Waals surface area contributed by atoms with Gasteiger partial charge in [-0.15, -0.1) is 0 Å². The molecule has 1 atom stereocenters. The fourth-order valence-electron chi connectivity index (χ4n) is 1.66. The average molecular weight is 238 g/mol. The number of methoxy groups -OCH3 is 1. The molecular weight excluding hydrogens is 216 g/mol. The summed E-state index contributed by atoms with van der Waals surface area (Å²) in [5.41, 5.74) is 0.682. The molecule has 2 N–H and O–H groups in total. The predicted octanol–water partition coefficient (Wildman–Crippen LogP) is 2.74. The van der Waals surface area contributed by atoms with Crippen LogP contribution in [0, 0.1) is 5.41 Å². The van der Waals surface area contributed by atoms with Crippen molar-refractivity contribution < 1.29 is 14.9 Å². The summed E-state index contributed by atoms with van der Waals surface area (Å²) in [5, 5.41) is 19.8. The first-order chi connectivity index (χ1) is 7.86. The van der Waals surface area contributed by atoms with Gasteiger partial charge in [0.05, 0.1) is 13.2 Å². The van der Waals surface area contributed by atoms with Gasteiger partial charge in [0, 0.05) is 0 Å². The van der Waals surface area contributed by atoms with E-state index in [0.717, 1.165) is 5.56 Å². The van der Waals surface area contributed by atoms with Crippen molar-refractivity contribution >= 4 is 0 Å². The van der Waals surface area contributed by atoms with Crippen LogP contribution in [0.15, 0.2) is 18.2 Å². The zero-order chi connectivity index (χ0) is 13.1. The monoisotopic (exact) mass is 238 g/mol. The van der Waals surface area contributed by atoms with Crippen molar-refractivity contribution in [2.24, 2.45) is 5.41 Å². The van der Waals surface area contributed by atoms with E-state index in [-0.39, 0.29) is 17.3 Å². The Bertz CT molecular complexity index is 366. The van der Waals surface area contributed by atoms with E-state index in [1.807, 2.05) is 32.9 Å². The van der Waals surface area contributed by atoms with E-state index in [1.165, 1.54) is 7.11 Å². The lowest BCUT2D eigenvalue weighted by molar-refractivity contribution is 0.0558. The van der Waals surface area contributed by atoms with Gasteiger partial charge in [-0.3, -0.25) is 0 Å². The van der Waals surface area contributed by atoms with Crippen molar-refractivity contribution in [3.8, 4) is 11.5 Å². The van der Waals surface area contributed by atoms with Crippen LogP contribution in [0.1, 0.15) is 32.8 Å². The minimum absolute atomic E-state index is 0.130. The van der Waals surface area contributed by atoms with E-state index >= 15 is 0 Å². The smallest absolute Gasteiger partial charge is 0.160 e. The van der Waals surface area contributed by atoms with Gasteiger partial charge in [-0.1, -0.05) is 32.9 Å². The molecule has 0 spiro atoms. The van der Waals surface area contributed by atoms with Crippen LogP contribution in [0.4, 0.5) is 0 Å². The van der Waals surface area contributed by atoms with Crippen molar-refractivity contribution in [3.05, 3.63) is 23.8 Å². The first-order valence-electron chi connectivity index (χ1n) is 5.89. The fraction of sp³-hybridized carbons (Fsp3) is 0.571. The Morgan fingerprint density at radius 1 is 1.29 bits per heavy atom. The van der Waals surface area contributed by atoms with Crippen LogP contribution >= 0.6 is 0 Å². The number of hydrogen-bond acceptors (Lipinski definition) is 3. The maximum atomic E-state index is 9.95. The second-order valence-electron chi connectivity index (χ2n) is 5.39. The molecule has 0 aliphatic carbocycles. The van der Waals surface area contributed by atoms with E-state index in [4.69, 9.17) is 4.74 Å². The van der Waals surface area contributed by atoms with Crippen molar-refractivity contribution in [1.29, 1.82) is 0 Å². The highest BCUT2D eigenvalue weighted by Gasteiger charge is 2.22. The summed E-state index contributed by atoms with van der Waals surface area (Å²) in [7, 11) is 1.53. The molecule has 3 nitrogen and oxygen atoms in total. The molecule has 96 valence electrons. The summed E-state index contributed by atoms with van der Waals surface area (Å²) in [6.45, 7) is 6.01. The molecule has 0 radical (unpaired) electrons. The number of ether oxygens (including phenoxy) is 1. The van der Waals surface area contributed by atoms with Crippen LogP contribution in [0.3, 0.4) is 0 Å². The standard InChI is InChI=1S/C14H22O3/c1-14(2,3)12(15)9-8-10-6-5-7-11(17-4)13(10)16/h5-7,12,15-16H,8-9H2,1-4H3. The summed E-state index contributed by atoms with van der Waals surface area (Å²) in [4.78, 5) is 0. The number of aliphatic hydroxyl groups is 1.